The van der Waals surface area contributed by atoms with Gasteiger partial charge in [0.1, 0.15) is 0 Å². The van der Waals surface area contributed by atoms with Gasteiger partial charge in [0.25, 0.3) is 0 Å². The van der Waals surface area contributed by atoms with Crippen LogP contribution in [-0.4, -0.2) is 26.8 Å². The lowest BCUT2D eigenvalue weighted by Crippen LogP contribution is -2.21. The van der Waals surface area contributed by atoms with Gasteiger partial charge in [-0.1, -0.05) is 13.0 Å². The molecular formula is C15H25NO2. The number of aryl methyl sites for hydroxylation is 1. The molecule has 18 heavy (non-hydrogen) atoms. The Morgan fingerprint density at radius 1 is 1.28 bits per heavy atom. The average molecular weight is 251 g/mol. The second-order valence-corrected chi connectivity index (χ2v) is 4.52. The molecule has 0 saturated heterocycles. The number of hydrogen-bond acceptors (Lipinski definition) is 3. The summed E-state index contributed by atoms with van der Waals surface area (Å²) in [6, 6.07) is 6.68. The van der Waals surface area contributed by atoms with Crippen LogP contribution in [0.2, 0.25) is 0 Å². The fourth-order valence-corrected chi connectivity index (χ4v) is 1.77. The number of benzene rings is 1. The highest BCUT2D eigenvalue weighted by atomic mass is 16.5. The smallest absolute Gasteiger partial charge is 0.161 e. The number of nitrogens with one attached hydrogen (secondary N) is 1. The van der Waals surface area contributed by atoms with Gasteiger partial charge in [-0.2, -0.15) is 0 Å². The zero-order valence-corrected chi connectivity index (χ0v) is 12.0. The molecule has 0 aliphatic carbocycles. The Bertz CT molecular complexity index is 352. The molecule has 1 rings (SSSR count). The number of methoxy groups -OCH3 is 1. The van der Waals surface area contributed by atoms with Crippen molar-refractivity contribution in [3.8, 4) is 11.5 Å². The first kappa shape index (κ1) is 14.8. The Balaban J connectivity index is 2.46. The summed E-state index contributed by atoms with van der Waals surface area (Å²) in [7, 11) is 3.67. The predicted molar refractivity (Wildman–Crippen MR) is 75.6 cm³/mol. The predicted octanol–water partition coefficient (Wildman–Crippen LogP) is 3.02. The Labute approximate surface area is 110 Å². The van der Waals surface area contributed by atoms with Crippen molar-refractivity contribution in [3.05, 3.63) is 23.8 Å². The second kappa shape index (κ2) is 7.98. The van der Waals surface area contributed by atoms with Crippen molar-refractivity contribution >= 4 is 0 Å². The van der Waals surface area contributed by atoms with Crippen molar-refractivity contribution in [2.45, 2.75) is 39.2 Å². The van der Waals surface area contributed by atoms with Crippen molar-refractivity contribution in [2.75, 3.05) is 20.8 Å². The van der Waals surface area contributed by atoms with E-state index in [1.807, 2.05) is 19.2 Å². The zero-order valence-electron chi connectivity index (χ0n) is 12.0. The molecule has 0 amide bonds. The molecule has 3 heteroatoms. The van der Waals surface area contributed by atoms with Gasteiger partial charge in [-0.3, -0.25) is 0 Å². The van der Waals surface area contributed by atoms with Crippen molar-refractivity contribution in [1.29, 1.82) is 0 Å². The minimum atomic E-state index is 0.540. The normalized spacial score (nSPS) is 12.2. The largest absolute Gasteiger partial charge is 0.493 e. The molecule has 1 aromatic carbocycles. The molecule has 0 aliphatic heterocycles. The Morgan fingerprint density at radius 2 is 2.06 bits per heavy atom. The summed E-state index contributed by atoms with van der Waals surface area (Å²) in [4.78, 5) is 0. The maximum absolute atomic E-state index is 5.77. The number of hydrogen-bond donors (Lipinski definition) is 1. The molecule has 0 bridgehead atoms. The molecule has 0 saturated carbocycles. The van der Waals surface area contributed by atoms with Crippen LogP contribution in [0, 0.1) is 0 Å². The van der Waals surface area contributed by atoms with E-state index in [9.17, 15) is 0 Å². The summed E-state index contributed by atoms with van der Waals surface area (Å²) in [5.74, 6) is 1.67. The summed E-state index contributed by atoms with van der Waals surface area (Å²) >= 11 is 0. The molecule has 0 spiro atoms. The standard InChI is InChI=1S/C15H25NO2/c1-5-13-8-9-14(15(11-13)17-4)18-10-6-7-12(2)16-3/h8-9,11-12,16H,5-7,10H2,1-4H3. The fourth-order valence-electron chi connectivity index (χ4n) is 1.77. The molecular weight excluding hydrogens is 226 g/mol. The zero-order chi connectivity index (χ0) is 13.4. The van der Waals surface area contributed by atoms with E-state index in [0.717, 1.165) is 37.4 Å². The van der Waals surface area contributed by atoms with Crippen LogP contribution in [0.1, 0.15) is 32.3 Å². The van der Waals surface area contributed by atoms with Crippen LogP contribution in [0.5, 0.6) is 11.5 Å². The Morgan fingerprint density at radius 3 is 2.67 bits per heavy atom. The maximum Gasteiger partial charge on any atom is 0.161 e. The molecule has 102 valence electrons. The summed E-state index contributed by atoms with van der Waals surface area (Å²) in [6.45, 7) is 5.04. The van der Waals surface area contributed by atoms with E-state index in [1.54, 1.807) is 7.11 Å². The van der Waals surface area contributed by atoms with E-state index < -0.39 is 0 Å². The van der Waals surface area contributed by atoms with Crippen molar-refractivity contribution < 1.29 is 9.47 Å². The van der Waals surface area contributed by atoms with Gasteiger partial charge in [-0.25, -0.2) is 0 Å². The highest BCUT2D eigenvalue weighted by molar-refractivity contribution is 5.42. The van der Waals surface area contributed by atoms with Crippen molar-refractivity contribution in [3.63, 3.8) is 0 Å². The van der Waals surface area contributed by atoms with Crippen LogP contribution >= 0.6 is 0 Å². The van der Waals surface area contributed by atoms with E-state index in [-0.39, 0.29) is 0 Å². The minimum absolute atomic E-state index is 0.540. The van der Waals surface area contributed by atoms with Gasteiger partial charge < -0.3 is 14.8 Å². The van der Waals surface area contributed by atoms with E-state index in [1.165, 1.54) is 5.56 Å². The molecule has 0 radical (unpaired) electrons. The molecule has 1 N–H and O–H groups in total. The summed E-state index contributed by atoms with van der Waals surface area (Å²) < 4.78 is 11.1. The molecule has 1 aromatic rings. The third kappa shape index (κ3) is 4.57. The van der Waals surface area contributed by atoms with E-state index in [2.05, 4.69) is 25.2 Å². The topological polar surface area (TPSA) is 30.5 Å². The maximum atomic E-state index is 5.77. The van der Waals surface area contributed by atoms with E-state index in [4.69, 9.17) is 9.47 Å². The van der Waals surface area contributed by atoms with Crippen LogP contribution in [0.4, 0.5) is 0 Å². The van der Waals surface area contributed by atoms with Gasteiger partial charge in [0, 0.05) is 6.04 Å². The summed E-state index contributed by atoms with van der Waals surface area (Å²) in [5, 5.41) is 3.22. The molecule has 1 atom stereocenters. The van der Waals surface area contributed by atoms with Crippen LogP contribution in [-0.2, 0) is 6.42 Å². The number of rotatable bonds is 8. The van der Waals surface area contributed by atoms with Gasteiger partial charge in [0.05, 0.1) is 13.7 Å². The Kier molecular flexibility index (Phi) is 6.58. The monoisotopic (exact) mass is 251 g/mol. The molecule has 0 heterocycles. The van der Waals surface area contributed by atoms with Gasteiger partial charge in [-0.05, 0) is 50.9 Å². The fraction of sp³-hybridized carbons (Fsp3) is 0.600. The molecule has 0 aromatic heterocycles. The molecule has 0 aliphatic rings. The summed E-state index contributed by atoms with van der Waals surface area (Å²) in [6.07, 6.45) is 3.17. The van der Waals surface area contributed by atoms with Crippen molar-refractivity contribution in [2.24, 2.45) is 0 Å². The van der Waals surface area contributed by atoms with Crippen LogP contribution in [0.3, 0.4) is 0 Å². The average Bonchev–Trinajstić information content (AvgIpc) is 2.43. The lowest BCUT2D eigenvalue weighted by molar-refractivity contribution is 0.281. The molecule has 1 unspecified atom stereocenters. The van der Waals surface area contributed by atoms with E-state index in [0.29, 0.717) is 6.04 Å². The van der Waals surface area contributed by atoms with Gasteiger partial charge in [-0.15, -0.1) is 0 Å². The first-order chi connectivity index (χ1) is 8.71. The van der Waals surface area contributed by atoms with Crippen molar-refractivity contribution in [1.82, 2.24) is 5.32 Å². The lowest BCUT2D eigenvalue weighted by atomic mass is 10.1. The lowest BCUT2D eigenvalue weighted by Gasteiger charge is -2.13. The quantitative estimate of drug-likeness (QED) is 0.720. The SMILES string of the molecule is CCc1ccc(OCCCC(C)NC)c(OC)c1. The highest BCUT2D eigenvalue weighted by Gasteiger charge is 2.05. The van der Waals surface area contributed by atoms with Gasteiger partial charge in [0.2, 0.25) is 0 Å². The third-order valence-corrected chi connectivity index (χ3v) is 3.17. The molecule has 3 nitrogen and oxygen atoms in total. The Hall–Kier alpha value is -1.22. The van der Waals surface area contributed by atoms with Gasteiger partial charge in [0.15, 0.2) is 11.5 Å². The minimum Gasteiger partial charge on any atom is -0.493 e. The molecule has 0 fully saturated rings. The van der Waals surface area contributed by atoms with E-state index >= 15 is 0 Å². The van der Waals surface area contributed by atoms with Crippen LogP contribution in [0.15, 0.2) is 18.2 Å². The first-order valence-corrected chi connectivity index (χ1v) is 6.68. The number of ether oxygens (including phenoxy) is 2. The summed E-state index contributed by atoms with van der Waals surface area (Å²) in [5.41, 5.74) is 1.27. The van der Waals surface area contributed by atoms with Gasteiger partial charge >= 0.3 is 0 Å². The highest BCUT2D eigenvalue weighted by Crippen LogP contribution is 2.28. The van der Waals surface area contributed by atoms with Crippen LogP contribution in [0.25, 0.3) is 0 Å². The third-order valence-electron chi connectivity index (χ3n) is 3.17. The first-order valence-electron chi connectivity index (χ1n) is 6.68. The van der Waals surface area contributed by atoms with Crippen LogP contribution < -0.4 is 14.8 Å². The second-order valence-electron chi connectivity index (χ2n) is 4.52.